The Kier molecular flexibility index (Phi) is 9.94. The van der Waals surface area contributed by atoms with Crippen molar-refractivity contribution in [1.82, 2.24) is 0 Å². The van der Waals surface area contributed by atoms with Crippen molar-refractivity contribution < 1.29 is 19.0 Å². The molecule has 2 unspecified atom stereocenters. The molecule has 0 saturated carbocycles. The molecule has 0 amide bonds. The van der Waals surface area contributed by atoms with Crippen LogP contribution < -0.4 is 25.3 Å². The maximum Gasteiger partial charge on any atom is 0.179 e. The quantitative estimate of drug-likeness (QED) is 0.278. The summed E-state index contributed by atoms with van der Waals surface area (Å²) in [7, 11) is 3.24. The Hall–Kier alpha value is -3.32. The van der Waals surface area contributed by atoms with Gasteiger partial charge in [-0.15, -0.1) is 11.8 Å². The highest BCUT2D eigenvalue weighted by Crippen LogP contribution is 2.43. The molecule has 188 valence electrons. The smallest absolute Gasteiger partial charge is 0.179 e. The lowest BCUT2D eigenvalue weighted by atomic mass is 10.1. The average molecular weight is 524 g/mol. The van der Waals surface area contributed by atoms with Gasteiger partial charge in [0.15, 0.2) is 23.9 Å². The van der Waals surface area contributed by atoms with Crippen LogP contribution in [0.25, 0.3) is 0 Å². The number of ether oxygens (including phenoxy) is 3. The van der Waals surface area contributed by atoms with Crippen molar-refractivity contribution in [2.45, 2.75) is 40.5 Å². The number of benzene rings is 3. The van der Waals surface area contributed by atoms with E-state index >= 15 is 0 Å². The summed E-state index contributed by atoms with van der Waals surface area (Å²) in [6, 6.07) is 20.4. The van der Waals surface area contributed by atoms with Gasteiger partial charge in [0.1, 0.15) is 11.2 Å². The fraction of sp³-hybridized carbons (Fsp3) is 0.259. The molecule has 0 fully saturated rings. The van der Waals surface area contributed by atoms with E-state index in [2.05, 4.69) is 25.2 Å². The second-order valence-corrected chi connectivity index (χ2v) is 10.8. The Bertz CT molecular complexity index is 1180. The van der Waals surface area contributed by atoms with E-state index in [4.69, 9.17) is 25.2 Å². The number of thioether (sulfide) groups is 2. The zero-order chi connectivity index (χ0) is 26.1. The molecule has 0 spiro atoms. The van der Waals surface area contributed by atoms with Crippen LogP contribution in [0.15, 0.2) is 70.5 Å². The Balaban J connectivity index is 0.000000221. The number of nitrogens with zero attached hydrogens (tertiary/aromatic N) is 1. The second kappa shape index (κ2) is 13.1. The zero-order valence-corrected chi connectivity index (χ0v) is 22.2. The van der Waals surface area contributed by atoms with Crippen molar-refractivity contribution in [3.05, 3.63) is 71.8 Å². The van der Waals surface area contributed by atoms with E-state index in [1.165, 1.54) is 0 Å². The van der Waals surface area contributed by atoms with E-state index in [0.29, 0.717) is 22.3 Å². The topological polar surface area (TPSA) is 107 Å². The van der Waals surface area contributed by atoms with Crippen molar-refractivity contribution in [1.29, 1.82) is 5.26 Å². The highest BCUT2D eigenvalue weighted by molar-refractivity contribution is 8.00. The summed E-state index contributed by atoms with van der Waals surface area (Å²) < 4.78 is 16.1. The van der Waals surface area contributed by atoms with Crippen LogP contribution in [0.3, 0.4) is 0 Å². The summed E-state index contributed by atoms with van der Waals surface area (Å²) in [6.07, 6.45) is 0.137. The molecule has 4 rings (SSSR count). The highest BCUT2D eigenvalue weighted by Gasteiger charge is 2.21. The Labute approximate surface area is 220 Å². The lowest BCUT2D eigenvalue weighted by Crippen LogP contribution is -2.20. The van der Waals surface area contributed by atoms with Gasteiger partial charge in [-0.05, 0) is 42.5 Å². The third kappa shape index (κ3) is 7.34. The van der Waals surface area contributed by atoms with Gasteiger partial charge in [-0.1, -0.05) is 37.7 Å². The lowest BCUT2D eigenvalue weighted by molar-refractivity contribution is -0.113. The Morgan fingerprint density at radius 1 is 1.08 bits per heavy atom. The fourth-order valence-corrected chi connectivity index (χ4v) is 5.14. The summed E-state index contributed by atoms with van der Waals surface area (Å²) in [4.78, 5) is 13.6. The average Bonchev–Trinajstić information content (AvgIpc) is 3.25. The monoisotopic (exact) mass is 523 g/mol. The van der Waals surface area contributed by atoms with Gasteiger partial charge in [0.25, 0.3) is 0 Å². The predicted octanol–water partition coefficient (Wildman–Crippen LogP) is 5.84. The number of aldehydes is 1. The van der Waals surface area contributed by atoms with Gasteiger partial charge in [-0.2, -0.15) is 5.26 Å². The molecule has 36 heavy (non-hydrogen) atoms. The number of carbonyl (C=O) groups is 1. The molecule has 0 saturated heterocycles. The molecule has 3 N–H and O–H groups in total. The lowest BCUT2D eigenvalue weighted by Gasteiger charge is -2.15. The van der Waals surface area contributed by atoms with Gasteiger partial charge in [0, 0.05) is 26.7 Å². The van der Waals surface area contributed by atoms with Crippen LogP contribution in [-0.4, -0.2) is 31.3 Å². The molecule has 2 atom stereocenters. The molecule has 3 aromatic rings. The van der Waals surface area contributed by atoms with Crippen LogP contribution in [0.5, 0.6) is 17.2 Å². The number of carbonyl (C=O) groups excluding carboxylic acids is 1. The number of nitrogens with two attached hydrogens (primary N) is 1. The molecule has 0 aliphatic carbocycles. The molecule has 7 nitrogen and oxygen atoms in total. The molecule has 3 aromatic carbocycles. The fourth-order valence-electron chi connectivity index (χ4n) is 3.36. The van der Waals surface area contributed by atoms with Crippen molar-refractivity contribution in [3.63, 3.8) is 0 Å². The first-order chi connectivity index (χ1) is 17.4. The van der Waals surface area contributed by atoms with Crippen molar-refractivity contribution >= 4 is 35.5 Å². The number of nitrogens with one attached hydrogen (secondary N) is 1. The standard InChI is InChI=1S/C18H17NO2S.C9H12N2O2S/c1-13(2)22-17-5-3-4-15(10-17)18(12-20)21-16-8-6-14(11-19)7-9-16;1-12-6-3-5-8(4-7(6)13-2)14-9(10)11-5/h3-10,12-13,18H,1-2H3;3-4,9,11H,10H2,1-2H3. The summed E-state index contributed by atoms with van der Waals surface area (Å²) in [5, 5.41) is 12.4. The molecule has 0 bridgehead atoms. The first-order valence-electron chi connectivity index (χ1n) is 11.2. The highest BCUT2D eigenvalue weighted by atomic mass is 32.2. The summed E-state index contributed by atoms with van der Waals surface area (Å²) in [5.41, 5.74) is 8.04. The number of methoxy groups -OCH3 is 2. The zero-order valence-electron chi connectivity index (χ0n) is 20.6. The van der Waals surface area contributed by atoms with Gasteiger partial charge in [-0.3, -0.25) is 4.79 Å². The molecule has 9 heteroatoms. The van der Waals surface area contributed by atoms with E-state index < -0.39 is 6.10 Å². The summed E-state index contributed by atoms with van der Waals surface area (Å²) >= 11 is 3.32. The predicted molar refractivity (Wildman–Crippen MR) is 145 cm³/mol. The SMILES string of the molecule is CC(C)Sc1cccc(C(C=O)Oc2ccc(C#N)cc2)c1.COc1cc2c(cc1OC)SC(N)N2. The number of nitriles is 1. The van der Waals surface area contributed by atoms with Gasteiger partial charge in [-0.25, -0.2) is 0 Å². The van der Waals surface area contributed by atoms with Gasteiger partial charge >= 0.3 is 0 Å². The minimum atomic E-state index is -0.652. The van der Waals surface area contributed by atoms with Crippen LogP contribution in [0.2, 0.25) is 0 Å². The maximum absolute atomic E-state index is 11.4. The molecule has 1 aliphatic heterocycles. The Morgan fingerprint density at radius 2 is 1.78 bits per heavy atom. The molecule has 0 aromatic heterocycles. The largest absolute Gasteiger partial charge is 0.493 e. The number of fused-ring (bicyclic) bond motifs is 1. The number of rotatable bonds is 8. The van der Waals surface area contributed by atoms with E-state index in [0.717, 1.165) is 33.1 Å². The molecule has 1 heterocycles. The van der Waals surface area contributed by atoms with E-state index in [-0.39, 0.29) is 5.50 Å². The van der Waals surface area contributed by atoms with Gasteiger partial charge < -0.3 is 25.3 Å². The van der Waals surface area contributed by atoms with Crippen LogP contribution in [0.1, 0.15) is 31.1 Å². The third-order valence-corrected chi connectivity index (χ3v) is 6.93. The van der Waals surface area contributed by atoms with E-state index in [1.807, 2.05) is 36.4 Å². The van der Waals surface area contributed by atoms with Crippen LogP contribution in [0.4, 0.5) is 5.69 Å². The normalized spacial score (nSPS) is 14.4. The van der Waals surface area contributed by atoms with E-state index in [1.54, 1.807) is 62.0 Å². The molecule has 1 aliphatic rings. The minimum Gasteiger partial charge on any atom is -0.493 e. The first-order valence-corrected chi connectivity index (χ1v) is 13.0. The molecular formula is C27H29N3O4S2. The minimum absolute atomic E-state index is 0.0817. The third-order valence-electron chi connectivity index (χ3n) is 4.97. The summed E-state index contributed by atoms with van der Waals surface area (Å²) in [5.74, 6) is 2.01. The molecule has 0 radical (unpaired) electrons. The summed E-state index contributed by atoms with van der Waals surface area (Å²) in [6.45, 7) is 4.25. The second-order valence-electron chi connectivity index (χ2n) is 7.94. The van der Waals surface area contributed by atoms with Crippen LogP contribution in [-0.2, 0) is 4.79 Å². The van der Waals surface area contributed by atoms with E-state index in [9.17, 15) is 4.79 Å². The van der Waals surface area contributed by atoms with Crippen LogP contribution in [0, 0.1) is 11.3 Å². The number of hydrogen-bond donors (Lipinski definition) is 2. The number of hydrogen-bond acceptors (Lipinski definition) is 9. The van der Waals surface area contributed by atoms with Crippen molar-refractivity contribution in [2.24, 2.45) is 5.73 Å². The van der Waals surface area contributed by atoms with Crippen molar-refractivity contribution in [2.75, 3.05) is 19.5 Å². The van der Waals surface area contributed by atoms with Gasteiger partial charge in [0.2, 0.25) is 0 Å². The maximum atomic E-state index is 11.4. The Morgan fingerprint density at radius 3 is 2.39 bits per heavy atom. The van der Waals surface area contributed by atoms with Crippen LogP contribution >= 0.6 is 23.5 Å². The number of anilines is 1. The van der Waals surface area contributed by atoms with Crippen molar-refractivity contribution in [3.8, 4) is 23.3 Å². The first kappa shape index (κ1) is 27.3. The van der Waals surface area contributed by atoms with Gasteiger partial charge in [0.05, 0.1) is 31.5 Å². The molecular weight excluding hydrogens is 494 g/mol.